The number of oxazole rings is 1. The van der Waals surface area contributed by atoms with Crippen molar-refractivity contribution in [2.24, 2.45) is 0 Å². The summed E-state index contributed by atoms with van der Waals surface area (Å²) >= 11 is 3.44. The lowest BCUT2D eigenvalue weighted by molar-refractivity contribution is 0.421. The van der Waals surface area contributed by atoms with Gasteiger partial charge in [0.05, 0.1) is 5.69 Å². The van der Waals surface area contributed by atoms with Gasteiger partial charge in [-0.05, 0) is 39.0 Å². The average Bonchev–Trinajstić information content (AvgIpc) is 2.74. The van der Waals surface area contributed by atoms with Crippen molar-refractivity contribution in [2.45, 2.75) is 32.9 Å². The highest BCUT2D eigenvalue weighted by atomic mass is 79.9. The van der Waals surface area contributed by atoms with Gasteiger partial charge >= 0.3 is 0 Å². The summed E-state index contributed by atoms with van der Waals surface area (Å²) in [6.45, 7) is 7.09. The van der Waals surface area contributed by atoms with Gasteiger partial charge in [0.2, 0.25) is 5.89 Å². The number of aromatic nitrogens is 1. The topological polar surface area (TPSA) is 38.1 Å². The van der Waals surface area contributed by atoms with Gasteiger partial charge in [0.15, 0.2) is 0 Å². The molecular formula is C14H17BrN2O. The molecule has 2 aromatic rings. The zero-order valence-electron chi connectivity index (χ0n) is 10.8. The van der Waals surface area contributed by atoms with Gasteiger partial charge in [-0.25, -0.2) is 4.98 Å². The highest BCUT2D eigenvalue weighted by Crippen LogP contribution is 2.22. The van der Waals surface area contributed by atoms with E-state index in [9.17, 15) is 0 Å². The van der Waals surface area contributed by atoms with Gasteiger partial charge < -0.3 is 9.73 Å². The van der Waals surface area contributed by atoms with Crippen LogP contribution in [0, 0.1) is 0 Å². The van der Waals surface area contributed by atoms with Crippen LogP contribution < -0.4 is 5.32 Å². The highest BCUT2D eigenvalue weighted by molar-refractivity contribution is 9.10. The molecular weight excluding hydrogens is 292 g/mol. The van der Waals surface area contributed by atoms with E-state index in [0.29, 0.717) is 12.4 Å². The van der Waals surface area contributed by atoms with E-state index in [2.05, 4.69) is 47.0 Å². The number of halogens is 1. The van der Waals surface area contributed by atoms with Crippen molar-refractivity contribution in [1.82, 2.24) is 10.3 Å². The molecule has 1 heterocycles. The second-order valence-electron chi connectivity index (χ2n) is 5.26. The minimum atomic E-state index is 0.0783. The molecule has 0 unspecified atom stereocenters. The zero-order chi connectivity index (χ0) is 13.2. The number of nitrogens with zero attached hydrogens (tertiary/aromatic N) is 1. The standard InChI is InChI=1S/C14H17BrN2O/c1-14(2,3)16-8-12-9-18-13(17-12)10-5-4-6-11(15)7-10/h4-7,9,16H,8H2,1-3H3. The summed E-state index contributed by atoms with van der Waals surface area (Å²) in [4.78, 5) is 4.47. The van der Waals surface area contributed by atoms with Gasteiger partial charge in [0, 0.05) is 22.1 Å². The summed E-state index contributed by atoms with van der Waals surface area (Å²) < 4.78 is 6.52. The van der Waals surface area contributed by atoms with E-state index in [1.807, 2.05) is 24.3 Å². The fourth-order valence-corrected chi connectivity index (χ4v) is 1.90. The Labute approximate surface area is 116 Å². The molecule has 18 heavy (non-hydrogen) atoms. The molecule has 0 aliphatic carbocycles. The first-order valence-electron chi connectivity index (χ1n) is 5.89. The Bertz CT molecular complexity index is 529. The smallest absolute Gasteiger partial charge is 0.226 e. The van der Waals surface area contributed by atoms with Gasteiger partial charge in [0.1, 0.15) is 6.26 Å². The Hall–Kier alpha value is -1.13. The Morgan fingerprint density at radius 2 is 2.11 bits per heavy atom. The zero-order valence-corrected chi connectivity index (χ0v) is 12.4. The van der Waals surface area contributed by atoms with Crippen LogP contribution in [0.2, 0.25) is 0 Å². The van der Waals surface area contributed by atoms with Crippen molar-refractivity contribution in [2.75, 3.05) is 0 Å². The van der Waals surface area contributed by atoms with Gasteiger partial charge in [-0.1, -0.05) is 22.0 Å². The maximum absolute atomic E-state index is 5.50. The number of benzene rings is 1. The first-order chi connectivity index (χ1) is 8.44. The second kappa shape index (κ2) is 5.24. The van der Waals surface area contributed by atoms with Crippen LogP contribution in [0.15, 0.2) is 39.4 Å². The van der Waals surface area contributed by atoms with E-state index >= 15 is 0 Å². The lowest BCUT2D eigenvalue weighted by atomic mass is 10.1. The molecule has 0 bridgehead atoms. The minimum Gasteiger partial charge on any atom is -0.444 e. The molecule has 0 saturated heterocycles. The Balaban J connectivity index is 2.11. The van der Waals surface area contributed by atoms with Crippen molar-refractivity contribution in [1.29, 1.82) is 0 Å². The van der Waals surface area contributed by atoms with Gasteiger partial charge in [0.25, 0.3) is 0 Å². The van der Waals surface area contributed by atoms with Gasteiger partial charge in [-0.3, -0.25) is 0 Å². The Kier molecular flexibility index (Phi) is 3.88. The van der Waals surface area contributed by atoms with E-state index < -0.39 is 0 Å². The molecule has 0 fully saturated rings. The molecule has 3 nitrogen and oxygen atoms in total. The maximum Gasteiger partial charge on any atom is 0.226 e. The van der Waals surface area contributed by atoms with Crippen LogP contribution in [0.1, 0.15) is 26.5 Å². The lowest BCUT2D eigenvalue weighted by Crippen LogP contribution is -2.35. The van der Waals surface area contributed by atoms with E-state index in [1.54, 1.807) is 6.26 Å². The molecule has 2 rings (SSSR count). The molecule has 0 aliphatic heterocycles. The monoisotopic (exact) mass is 308 g/mol. The maximum atomic E-state index is 5.50. The van der Waals surface area contributed by atoms with Crippen LogP contribution in [-0.2, 0) is 6.54 Å². The molecule has 96 valence electrons. The highest BCUT2D eigenvalue weighted by Gasteiger charge is 2.11. The fourth-order valence-electron chi connectivity index (χ4n) is 1.50. The molecule has 0 spiro atoms. The first-order valence-corrected chi connectivity index (χ1v) is 6.69. The van der Waals surface area contributed by atoms with Crippen LogP contribution in [0.3, 0.4) is 0 Å². The molecule has 1 N–H and O–H groups in total. The van der Waals surface area contributed by atoms with Crippen molar-refractivity contribution in [3.63, 3.8) is 0 Å². The van der Waals surface area contributed by atoms with Crippen LogP contribution in [-0.4, -0.2) is 10.5 Å². The SMILES string of the molecule is CC(C)(C)NCc1coc(-c2cccc(Br)c2)n1. The molecule has 4 heteroatoms. The first kappa shape index (κ1) is 13.3. The van der Waals surface area contributed by atoms with Crippen LogP contribution in [0.5, 0.6) is 0 Å². The third-order valence-electron chi connectivity index (χ3n) is 2.42. The number of hydrogen-bond donors (Lipinski definition) is 1. The van der Waals surface area contributed by atoms with Crippen LogP contribution in [0.4, 0.5) is 0 Å². The molecule has 0 radical (unpaired) electrons. The van der Waals surface area contributed by atoms with E-state index in [0.717, 1.165) is 15.7 Å². The average molecular weight is 309 g/mol. The quantitative estimate of drug-likeness (QED) is 0.931. The van der Waals surface area contributed by atoms with E-state index in [1.165, 1.54) is 0 Å². The summed E-state index contributed by atoms with van der Waals surface area (Å²) in [7, 11) is 0. The third-order valence-corrected chi connectivity index (χ3v) is 2.92. The van der Waals surface area contributed by atoms with Crippen molar-refractivity contribution in [3.05, 3.63) is 40.7 Å². The normalized spacial score (nSPS) is 11.8. The third kappa shape index (κ3) is 3.68. The molecule has 0 atom stereocenters. The van der Waals surface area contributed by atoms with Crippen molar-refractivity contribution >= 4 is 15.9 Å². The summed E-state index contributed by atoms with van der Waals surface area (Å²) in [6, 6.07) is 7.93. The van der Waals surface area contributed by atoms with Crippen LogP contribution in [0.25, 0.3) is 11.5 Å². The van der Waals surface area contributed by atoms with Crippen molar-refractivity contribution < 1.29 is 4.42 Å². The molecule has 0 aliphatic rings. The number of hydrogen-bond acceptors (Lipinski definition) is 3. The van der Waals surface area contributed by atoms with Gasteiger partial charge in [-0.2, -0.15) is 0 Å². The molecule has 0 amide bonds. The molecule has 1 aromatic carbocycles. The van der Waals surface area contributed by atoms with E-state index in [-0.39, 0.29) is 5.54 Å². The summed E-state index contributed by atoms with van der Waals surface area (Å²) in [5, 5.41) is 3.38. The molecule has 0 saturated carbocycles. The molecule has 1 aromatic heterocycles. The van der Waals surface area contributed by atoms with Crippen molar-refractivity contribution in [3.8, 4) is 11.5 Å². The number of nitrogens with one attached hydrogen (secondary N) is 1. The largest absolute Gasteiger partial charge is 0.444 e. The second-order valence-corrected chi connectivity index (χ2v) is 6.17. The predicted octanol–water partition coefficient (Wildman–Crippen LogP) is 3.99. The summed E-state index contributed by atoms with van der Waals surface area (Å²) in [6.07, 6.45) is 1.70. The predicted molar refractivity (Wildman–Crippen MR) is 76.2 cm³/mol. The summed E-state index contributed by atoms with van der Waals surface area (Å²) in [5.41, 5.74) is 1.97. The Morgan fingerprint density at radius 3 is 2.78 bits per heavy atom. The lowest BCUT2D eigenvalue weighted by Gasteiger charge is -2.19. The number of rotatable bonds is 3. The van der Waals surface area contributed by atoms with Gasteiger partial charge in [-0.15, -0.1) is 0 Å². The van der Waals surface area contributed by atoms with E-state index in [4.69, 9.17) is 4.42 Å². The van der Waals surface area contributed by atoms with Crippen LogP contribution >= 0.6 is 15.9 Å². The minimum absolute atomic E-state index is 0.0783. The fraction of sp³-hybridized carbons (Fsp3) is 0.357. The summed E-state index contributed by atoms with van der Waals surface area (Å²) in [5.74, 6) is 0.655. The Morgan fingerprint density at radius 1 is 1.33 bits per heavy atom.